The van der Waals surface area contributed by atoms with Gasteiger partial charge >= 0.3 is 0 Å². The molecule has 0 fully saturated rings. The van der Waals surface area contributed by atoms with Crippen LogP contribution in [0.3, 0.4) is 0 Å². The van der Waals surface area contributed by atoms with E-state index in [0.717, 1.165) is 27.8 Å². The maximum absolute atomic E-state index is 13.5. The van der Waals surface area contributed by atoms with Gasteiger partial charge in [0.15, 0.2) is 0 Å². The number of aromatic amines is 1. The lowest BCUT2D eigenvalue weighted by Crippen LogP contribution is -2.33. The maximum atomic E-state index is 13.5. The Kier molecular flexibility index (Phi) is 6.08. The highest BCUT2D eigenvalue weighted by Crippen LogP contribution is 2.24. The number of nitrogens with one attached hydrogen (secondary N) is 1. The van der Waals surface area contributed by atoms with Crippen LogP contribution in [-0.2, 0) is 6.54 Å². The summed E-state index contributed by atoms with van der Waals surface area (Å²) < 4.78 is 5.54. The second-order valence-electron chi connectivity index (χ2n) is 7.85. The van der Waals surface area contributed by atoms with E-state index in [1.165, 1.54) is 0 Å². The van der Waals surface area contributed by atoms with Crippen LogP contribution in [0.25, 0.3) is 10.9 Å². The van der Waals surface area contributed by atoms with Crippen molar-refractivity contribution in [3.63, 3.8) is 0 Å². The van der Waals surface area contributed by atoms with E-state index < -0.39 is 0 Å². The van der Waals surface area contributed by atoms with Crippen LogP contribution in [0.1, 0.15) is 34.0 Å². The number of hydrogen-bond donors (Lipinski definition) is 1. The molecule has 0 saturated heterocycles. The SMILES string of the molecule is CCOc1ccc(N(Cc2cc3cccc(C)c3[nH]c2=O)C(=O)c2cccc(C)c2)cc1. The summed E-state index contributed by atoms with van der Waals surface area (Å²) in [5, 5.41) is 0.939. The van der Waals surface area contributed by atoms with Gasteiger partial charge in [0.1, 0.15) is 5.75 Å². The van der Waals surface area contributed by atoms with E-state index >= 15 is 0 Å². The van der Waals surface area contributed by atoms with E-state index in [1.807, 2.05) is 87.5 Å². The lowest BCUT2D eigenvalue weighted by Gasteiger charge is -2.23. The summed E-state index contributed by atoms with van der Waals surface area (Å²) in [6, 6.07) is 22.6. The number of anilines is 1. The summed E-state index contributed by atoms with van der Waals surface area (Å²) in [4.78, 5) is 31.0. The molecule has 4 aromatic rings. The number of aryl methyl sites for hydroxylation is 2. The molecule has 0 aliphatic heterocycles. The number of carbonyl (C=O) groups is 1. The molecule has 0 bridgehead atoms. The van der Waals surface area contributed by atoms with E-state index in [4.69, 9.17) is 4.74 Å². The first-order chi connectivity index (χ1) is 15.5. The third-order valence-electron chi connectivity index (χ3n) is 5.46. The molecule has 5 nitrogen and oxygen atoms in total. The zero-order chi connectivity index (χ0) is 22.7. The number of hydrogen-bond acceptors (Lipinski definition) is 3. The molecule has 5 heteroatoms. The number of para-hydroxylation sites is 1. The van der Waals surface area contributed by atoms with Crippen LogP contribution in [0.15, 0.2) is 77.6 Å². The van der Waals surface area contributed by atoms with Gasteiger partial charge in [0.05, 0.1) is 18.7 Å². The summed E-state index contributed by atoms with van der Waals surface area (Å²) in [6.07, 6.45) is 0. The van der Waals surface area contributed by atoms with Gasteiger partial charge in [-0.05, 0) is 74.2 Å². The Morgan fingerprint density at radius 3 is 2.44 bits per heavy atom. The van der Waals surface area contributed by atoms with Crippen molar-refractivity contribution in [2.45, 2.75) is 27.3 Å². The fourth-order valence-corrected chi connectivity index (χ4v) is 3.82. The Balaban J connectivity index is 1.77. The lowest BCUT2D eigenvalue weighted by atomic mass is 10.1. The molecule has 0 unspecified atom stereocenters. The standard InChI is InChI=1S/C27H26N2O3/c1-4-32-24-13-11-23(12-14-24)29(27(31)21-10-5-7-18(2)15-21)17-22-16-20-9-6-8-19(3)25(20)28-26(22)30/h5-16H,4,17H2,1-3H3,(H,28,30). The molecular weight excluding hydrogens is 400 g/mol. The molecule has 0 radical (unpaired) electrons. The zero-order valence-corrected chi connectivity index (χ0v) is 18.5. The minimum Gasteiger partial charge on any atom is -0.494 e. The molecule has 0 saturated carbocycles. The van der Waals surface area contributed by atoms with Crippen molar-refractivity contribution in [2.75, 3.05) is 11.5 Å². The molecule has 0 aliphatic carbocycles. The molecule has 0 aliphatic rings. The van der Waals surface area contributed by atoms with E-state index in [-0.39, 0.29) is 18.0 Å². The normalized spacial score (nSPS) is 10.8. The minimum absolute atomic E-state index is 0.153. The van der Waals surface area contributed by atoms with Crippen molar-refractivity contribution in [3.8, 4) is 5.75 Å². The topological polar surface area (TPSA) is 62.4 Å². The van der Waals surface area contributed by atoms with Crippen molar-refractivity contribution in [1.29, 1.82) is 0 Å². The van der Waals surface area contributed by atoms with Gasteiger partial charge in [-0.1, -0.05) is 35.9 Å². The van der Waals surface area contributed by atoms with Gasteiger partial charge in [0.2, 0.25) is 0 Å². The van der Waals surface area contributed by atoms with Gasteiger partial charge in [0, 0.05) is 16.8 Å². The summed E-state index contributed by atoms with van der Waals surface area (Å²) in [6.45, 7) is 6.56. The number of pyridine rings is 1. The third kappa shape index (κ3) is 4.42. The Morgan fingerprint density at radius 2 is 1.72 bits per heavy atom. The van der Waals surface area contributed by atoms with Crippen molar-refractivity contribution >= 4 is 22.5 Å². The summed E-state index contributed by atoms with van der Waals surface area (Å²) in [5.41, 5.74) is 4.43. The predicted octanol–water partition coefficient (Wildman–Crippen LogP) is 5.39. The molecule has 1 N–H and O–H groups in total. The maximum Gasteiger partial charge on any atom is 0.258 e. The number of rotatable bonds is 6. The van der Waals surface area contributed by atoms with E-state index in [1.54, 1.807) is 11.0 Å². The first-order valence-electron chi connectivity index (χ1n) is 10.7. The molecule has 3 aromatic carbocycles. The van der Waals surface area contributed by atoms with Crippen LogP contribution in [0.5, 0.6) is 5.75 Å². The molecule has 0 spiro atoms. The molecule has 0 atom stereocenters. The Labute approximate surface area is 187 Å². The number of fused-ring (bicyclic) bond motifs is 1. The summed E-state index contributed by atoms with van der Waals surface area (Å²) >= 11 is 0. The van der Waals surface area contributed by atoms with Crippen LogP contribution in [0, 0.1) is 13.8 Å². The van der Waals surface area contributed by atoms with Gasteiger partial charge in [-0.3, -0.25) is 9.59 Å². The molecule has 162 valence electrons. The average Bonchev–Trinajstić information content (AvgIpc) is 2.79. The fourth-order valence-electron chi connectivity index (χ4n) is 3.82. The van der Waals surface area contributed by atoms with Gasteiger partial charge in [-0.2, -0.15) is 0 Å². The molecule has 1 aromatic heterocycles. The van der Waals surface area contributed by atoms with Crippen LogP contribution in [0.4, 0.5) is 5.69 Å². The fraction of sp³-hybridized carbons (Fsp3) is 0.185. The minimum atomic E-state index is -0.195. The highest BCUT2D eigenvalue weighted by Gasteiger charge is 2.20. The molecule has 1 heterocycles. The number of carbonyl (C=O) groups excluding carboxylic acids is 1. The Hall–Kier alpha value is -3.86. The monoisotopic (exact) mass is 426 g/mol. The smallest absolute Gasteiger partial charge is 0.258 e. The van der Waals surface area contributed by atoms with Crippen molar-refractivity contribution in [3.05, 3.63) is 105 Å². The number of amides is 1. The highest BCUT2D eigenvalue weighted by atomic mass is 16.5. The van der Waals surface area contributed by atoms with Gasteiger partial charge in [0.25, 0.3) is 11.5 Å². The predicted molar refractivity (Wildman–Crippen MR) is 129 cm³/mol. The second kappa shape index (κ2) is 9.10. The molecule has 4 rings (SSSR count). The average molecular weight is 427 g/mol. The van der Waals surface area contributed by atoms with Crippen LogP contribution >= 0.6 is 0 Å². The van der Waals surface area contributed by atoms with Gasteiger partial charge in [-0.15, -0.1) is 0 Å². The number of nitrogens with zero attached hydrogens (tertiary/aromatic N) is 1. The number of benzene rings is 3. The lowest BCUT2D eigenvalue weighted by molar-refractivity contribution is 0.0985. The first-order valence-corrected chi connectivity index (χ1v) is 10.7. The number of H-pyrrole nitrogens is 1. The largest absolute Gasteiger partial charge is 0.494 e. The Bertz CT molecular complexity index is 1320. The van der Waals surface area contributed by atoms with Crippen LogP contribution in [0.2, 0.25) is 0 Å². The van der Waals surface area contributed by atoms with E-state index in [0.29, 0.717) is 23.4 Å². The van der Waals surface area contributed by atoms with Crippen molar-refractivity contribution < 1.29 is 9.53 Å². The van der Waals surface area contributed by atoms with E-state index in [9.17, 15) is 9.59 Å². The quantitative estimate of drug-likeness (QED) is 0.450. The summed E-state index contributed by atoms with van der Waals surface area (Å²) in [5.74, 6) is 0.569. The first kappa shape index (κ1) is 21.4. The summed E-state index contributed by atoms with van der Waals surface area (Å²) in [7, 11) is 0. The van der Waals surface area contributed by atoms with Crippen LogP contribution in [-0.4, -0.2) is 17.5 Å². The van der Waals surface area contributed by atoms with Crippen molar-refractivity contribution in [1.82, 2.24) is 4.98 Å². The Morgan fingerprint density at radius 1 is 0.969 bits per heavy atom. The van der Waals surface area contributed by atoms with Gasteiger partial charge < -0.3 is 14.6 Å². The van der Waals surface area contributed by atoms with Crippen LogP contribution < -0.4 is 15.2 Å². The molecule has 32 heavy (non-hydrogen) atoms. The molecule has 1 amide bonds. The number of ether oxygens (including phenoxy) is 1. The van der Waals surface area contributed by atoms with Gasteiger partial charge in [-0.25, -0.2) is 0 Å². The highest BCUT2D eigenvalue weighted by molar-refractivity contribution is 6.06. The van der Waals surface area contributed by atoms with Crippen molar-refractivity contribution in [2.24, 2.45) is 0 Å². The third-order valence-corrected chi connectivity index (χ3v) is 5.46. The second-order valence-corrected chi connectivity index (χ2v) is 7.85. The zero-order valence-electron chi connectivity index (χ0n) is 18.5. The van der Waals surface area contributed by atoms with E-state index in [2.05, 4.69) is 4.98 Å². The number of aromatic nitrogens is 1. The molecular formula is C27H26N2O3.